The maximum absolute atomic E-state index is 9.07. The number of benzene rings is 1. The molecule has 1 aromatic rings. The number of anilines is 1. The summed E-state index contributed by atoms with van der Waals surface area (Å²) in [6, 6.07) is 7.56. The number of likely N-dealkylation sites (tertiary alicyclic amines) is 1. The van der Waals surface area contributed by atoms with Crippen LogP contribution in [0.4, 0.5) is 5.69 Å². The molecular weight excluding hydrogens is 258 g/mol. The van der Waals surface area contributed by atoms with Crippen molar-refractivity contribution in [2.45, 2.75) is 19.8 Å². The first-order chi connectivity index (χ1) is 9.22. The van der Waals surface area contributed by atoms with Gasteiger partial charge in [0, 0.05) is 11.6 Å². The number of nitrogens with one attached hydrogen (secondary N) is 1. The maximum atomic E-state index is 9.07. The number of piperidine rings is 1. The van der Waals surface area contributed by atoms with E-state index in [0.717, 1.165) is 18.8 Å². The van der Waals surface area contributed by atoms with Gasteiger partial charge < -0.3 is 10.2 Å². The van der Waals surface area contributed by atoms with E-state index in [1.165, 1.54) is 25.9 Å². The largest absolute Gasteiger partial charge is 0.384 e. The Balaban J connectivity index is 1.89. The Morgan fingerprint density at radius 2 is 2.16 bits per heavy atom. The lowest BCUT2D eigenvalue weighted by Crippen LogP contribution is -2.35. The van der Waals surface area contributed by atoms with E-state index in [1.54, 1.807) is 12.1 Å². The summed E-state index contributed by atoms with van der Waals surface area (Å²) in [5.41, 5.74) is 1.52. The van der Waals surface area contributed by atoms with Gasteiger partial charge in [-0.15, -0.1) is 0 Å². The Morgan fingerprint density at radius 1 is 1.42 bits per heavy atom. The molecular formula is C15H20ClN3. The van der Waals surface area contributed by atoms with Crippen LogP contribution in [0.2, 0.25) is 5.02 Å². The van der Waals surface area contributed by atoms with Crippen molar-refractivity contribution in [3.05, 3.63) is 28.8 Å². The molecule has 0 aromatic heterocycles. The number of hydrogen-bond acceptors (Lipinski definition) is 3. The molecule has 1 fully saturated rings. The fourth-order valence-electron chi connectivity index (χ4n) is 2.52. The minimum Gasteiger partial charge on any atom is -0.384 e. The zero-order valence-electron chi connectivity index (χ0n) is 11.3. The van der Waals surface area contributed by atoms with Crippen molar-refractivity contribution >= 4 is 17.3 Å². The molecule has 1 aliphatic heterocycles. The Kier molecular flexibility index (Phi) is 5.07. The molecule has 102 valence electrons. The van der Waals surface area contributed by atoms with Crippen LogP contribution in [0.15, 0.2) is 18.2 Å². The summed E-state index contributed by atoms with van der Waals surface area (Å²) in [5.74, 6) is 0.688. The molecule has 1 aromatic carbocycles. The van der Waals surface area contributed by atoms with Gasteiger partial charge in [-0.2, -0.15) is 5.26 Å². The molecule has 0 aliphatic carbocycles. The third-order valence-electron chi connectivity index (χ3n) is 3.84. The summed E-state index contributed by atoms with van der Waals surface area (Å²) in [6.45, 7) is 6.65. The van der Waals surface area contributed by atoms with Crippen molar-refractivity contribution in [1.82, 2.24) is 4.90 Å². The molecule has 0 atom stereocenters. The van der Waals surface area contributed by atoms with Crippen LogP contribution in [0.5, 0.6) is 0 Å². The Morgan fingerprint density at radius 3 is 2.79 bits per heavy atom. The van der Waals surface area contributed by atoms with Crippen molar-refractivity contribution in [3.63, 3.8) is 0 Å². The number of hydrogen-bond donors (Lipinski definition) is 1. The van der Waals surface area contributed by atoms with Crippen LogP contribution in [-0.4, -0.2) is 31.1 Å². The van der Waals surface area contributed by atoms with Gasteiger partial charge in [-0.3, -0.25) is 0 Å². The molecule has 0 unspecified atom stereocenters. The molecule has 1 saturated heterocycles. The van der Waals surface area contributed by atoms with Gasteiger partial charge in [0.05, 0.1) is 11.3 Å². The first-order valence-electron chi connectivity index (χ1n) is 6.88. The van der Waals surface area contributed by atoms with Crippen LogP contribution in [0.25, 0.3) is 0 Å². The van der Waals surface area contributed by atoms with E-state index < -0.39 is 0 Å². The summed E-state index contributed by atoms with van der Waals surface area (Å²) in [4.78, 5) is 2.48. The molecule has 0 amide bonds. The van der Waals surface area contributed by atoms with Gasteiger partial charge in [0.2, 0.25) is 0 Å². The van der Waals surface area contributed by atoms with Crippen molar-refractivity contribution in [2.24, 2.45) is 5.92 Å². The molecule has 1 aliphatic rings. The minimum absolute atomic E-state index is 0.662. The van der Waals surface area contributed by atoms with Crippen LogP contribution >= 0.6 is 11.6 Å². The lowest BCUT2D eigenvalue weighted by Gasteiger charge is -2.31. The first kappa shape index (κ1) is 14.2. The monoisotopic (exact) mass is 277 g/mol. The maximum Gasteiger partial charge on any atom is 0.101 e. The third kappa shape index (κ3) is 3.86. The molecule has 19 heavy (non-hydrogen) atoms. The zero-order chi connectivity index (χ0) is 13.7. The smallest absolute Gasteiger partial charge is 0.101 e. The van der Waals surface area contributed by atoms with Crippen LogP contribution in [0.1, 0.15) is 25.3 Å². The van der Waals surface area contributed by atoms with Crippen molar-refractivity contribution in [2.75, 3.05) is 31.5 Å². The van der Waals surface area contributed by atoms with Gasteiger partial charge in [0.1, 0.15) is 6.07 Å². The van der Waals surface area contributed by atoms with E-state index >= 15 is 0 Å². The molecule has 0 bridgehead atoms. The molecule has 1 heterocycles. The molecule has 3 nitrogen and oxygen atoms in total. The molecule has 0 spiro atoms. The van der Waals surface area contributed by atoms with Crippen LogP contribution < -0.4 is 5.32 Å². The fourth-order valence-corrected chi connectivity index (χ4v) is 2.69. The number of halogens is 1. The highest BCUT2D eigenvalue weighted by atomic mass is 35.5. The SMILES string of the molecule is CCN1CCC(CNc2cc(Cl)ccc2C#N)CC1. The average molecular weight is 278 g/mol. The Hall–Kier alpha value is -1.24. The third-order valence-corrected chi connectivity index (χ3v) is 4.07. The van der Waals surface area contributed by atoms with E-state index in [9.17, 15) is 0 Å². The average Bonchev–Trinajstić information content (AvgIpc) is 2.46. The quantitative estimate of drug-likeness (QED) is 0.917. The molecule has 2 rings (SSSR count). The predicted octanol–water partition coefficient (Wildman–Crippen LogP) is 3.36. The van der Waals surface area contributed by atoms with Gasteiger partial charge in [0.25, 0.3) is 0 Å². The van der Waals surface area contributed by atoms with E-state index in [1.807, 2.05) is 6.07 Å². The topological polar surface area (TPSA) is 39.1 Å². The van der Waals surface area contributed by atoms with Crippen molar-refractivity contribution < 1.29 is 0 Å². The summed E-state index contributed by atoms with van der Waals surface area (Å²) in [7, 11) is 0. The van der Waals surface area contributed by atoms with Gasteiger partial charge in [0.15, 0.2) is 0 Å². The number of rotatable bonds is 4. The van der Waals surface area contributed by atoms with E-state index in [-0.39, 0.29) is 0 Å². The lowest BCUT2D eigenvalue weighted by molar-refractivity contribution is 0.198. The van der Waals surface area contributed by atoms with Gasteiger partial charge in [-0.05, 0) is 56.6 Å². The Bertz CT molecular complexity index is 459. The molecule has 0 saturated carbocycles. The lowest BCUT2D eigenvalue weighted by atomic mass is 9.96. The molecule has 0 radical (unpaired) electrons. The normalized spacial score (nSPS) is 17.1. The van der Waals surface area contributed by atoms with Crippen LogP contribution in [0, 0.1) is 17.2 Å². The standard InChI is InChI=1S/C15H20ClN3/c1-2-19-7-5-12(6-8-19)11-18-15-9-14(16)4-3-13(15)10-17/h3-4,9,12,18H,2,5-8,11H2,1H3. The van der Waals surface area contributed by atoms with Gasteiger partial charge >= 0.3 is 0 Å². The fraction of sp³-hybridized carbons (Fsp3) is 0.533. The summed E-state index contributed by atoms with van der Waals surface area (Å²) in [6.07, 6.45) is 2.45. The number of nitriles is 1. The zero-order valence-corrected chi connectivity index (χ0v) is 12.1. The second-order valence-corrected chi connectivity index (χ2v) is 5.50. The minimum atomic E-state index is 0.662. The summed E-state index contributed by atoms with van der Waals surface area (Å²) < 4.78 is 0. The Labute approximate surface area is 120 Å². The number of nitrogens with zero attached hydrogens (tertiary/aromatic N) is 2. The molecule has 4 heteroatoms. The van der Waals surface area contributed by atoms with Crippen LogP contribution in [0.3, 0.4) is 0 Å². The molecule has 1 N–H and O–H groups in total. The van der Waals surface area contributed by atoms with Gasteiger partial charge in [-0.25, -0.2) is 0 Å². The highest BCUT2D eigenvalue weighted by Crippen LogP contribution is 2.22. The van der Waals surface area contributed by atoms with E-state index in [2.05, 4.69) is 23.2 Å². The van der Waals surface area contributed by atoms with E-state index in [0.29, 0.717) is 16.5 Å². The summed E-state index contributed by atoms with van der Waals surface area (Å²) >= 11 is 5.98. The predicted molar refractivity (Wildman–Crippen MR) is 79.5 cm³/mol. The van der Waals surface area contributed by atoms with E-state index in [4.69, 9.17) is 16.9 Å². The van der Waals surface area contributed by atoms with Crippen LogP contribution in [-0.2, 0) is 0 Å². The second kappa shape index (κ2) is 6.79. The highest BCUT2D eigenvalue weighted by molar-refractivity contribution is 6.30. The van der Waals surface area contributed by atoms with Crippen molar-refractivity contribution in [1.29, 1.82) is 5.26 Å². The highest BCUT2D eigenvalue weighted by Gasteiger charge is 2.18. The van der Waals surface area contributed by atoms with Crippen molar-refractivity contribution in [3.8, 4) is 6.07 Å². The van der Waals surface area contributed by atoms with Gasteiger partial charge in [-0.1, -0.05) is 18.5 Å². The second-order valence-electron chi connectivity index (χ2n) is 5.06. The first-order valence-corrected chi connectivity index (χ1v) is 7.26. The summed E-state index contributed by atoms with van der Waals surface area (Å²) in [5, 5.41) is 13.1.